The van der Waals surface area contributed by atoms with E-state index in [4.69, 9.17) is 11.6 Å². The van der Waals surface area contributed by atoms with E-state index in [0.29, 0.717) is 24.4 Å². The van der Waals surface area contributed by atoms with Gasteiger partial charge in [0.15, 0.2) is 0 Å². The second-order valence-corrected chi connectivity index (χ2v) is 6.65. The molecule has 114 valence electrons. The van der Waals surface area contributed by atoms with Gasteiger partial charge in [0, 0.05) is 23.5 Å². The molecule has 1 unspecified atom stereocenters. The summed E-state index contributed by atoms with van der Waals surface area (Å²) in [6.45, 7) is 2.79. The Hall–Kier alpha value is -0.900. The number of rotatable bonds is 3. The highest BCUT2D eigenvalue weighted by atomic mass is 35.5. The highest BCUT2D eigenvalue weighted by Crippen LogP contribution is 2.25. The Kier molecular flexibility index (Phi) is 4.94. The maximum absolute atomic E-state index is 11.9. The Morgan fingerprint density at radius 2 is 1.86 bits per heavy atom. The first kappa shape index (κ1) is 15.0. The second-order valence-electron chi connectivity index (χ2n) is 6.22. The van der Waals surface area contributed by atoms with Crippen molar-refractivity contribution in [2.24, 2.45) is 0 Å². The number of Topliss-reactive ketones (excluding diaryl/α,β-unsaturated/α-hetero) is 1. The number of benzene rings is 1. The molecule has 1 atom stereocenters. The third kappa shape index (κ3) is 3.85. The van der Waals surface area contributed by atoms with Gasteiger partial charge in [-0.2, -0.15) is 0 Å². The molecule has 2 saturated heterocycles. The van der Waals surface area contributed by atoms with E-state index in [-0.39, 0.29) is 0 Å². The average molecular weight is 307 g/mol. The zero-order valence-electron chi connectivity index (χ0n) is 12.4. The van der Waals surface area contributed by atoms with Gasteiger partial charge in [0.25, 0.3) is 0 Å². The van der Waals surface area contributed by atoms with E-state index < -0.39 is 0 Å². The summed E-state index contributed by atoms with van der Waals surface area (Å²) in [5, 5.41) is 4.19. The van der Waals surface area contributed by atoms with E-state index >= 15 is 0 Å². The standard InChI is InChI=1S/C17H23ClN2O/c18-14-3-1-13(2-4-14)11-16-5-6-17(21)12-20(16)15-7-9-19-10-8-15/h1-4,15-16,19H,5-12H2. The van der Waals surface area contributed by atoms with Crippen LogP contribution in [0.1, 0.15) is 31.2 Å². The molecule has 0 spiro atoms. The normalized spacial score (nSPS) is 25.2. The van der Waals surface area contributed by atoms with Crippen molar-refractivity contribution in [3.63, 3.8) is 0 Å². The van der Waals surface area contributed by atoms with E-state index in [1.807, 2.05) is 12.1 Å². The Morgan fingerprint density at radius 3 is 2.57 bits per heavy atom. The summed E-state index contributed by atoms with van der Waals surface area (Å²) in [6, 6.07) is 9.19. The van der Waals surface area contributed by atoms with Crippen LogP contribution in [0.3, 0.4) is 0 Å². The molecule has 0 radical (unpaired) electrons. The lowest BCUT2D eigenvalue weighted by Gasteiger charge is -2.42. The van der Waals surface area contributed by atoms with E-state index in [1.54, 1.807) is 0 Å². The quantitative estimate of drug-likeness (QED) is 0.932. The number of hydrogen-bond donors (Lipinski definition) is 1. The molecule has 1 N–H and O–H groups in total. The van der Waals surface area contributed by atoms with Gasteiger partial charge in [0.1, 0.15) is 5.78 Å². The van der Waals surface area contributed by atoms with Gasteiger partial charge < -0.3 is 5.32 Å². The van der Waals surface area contributed by atoms with Crippen LogP contribution in [0.2, 0.25) is 5.02 Å². The lowest BCUT2D eigenvalue weighted by atomic mass is 9.91. The van der Waals surface area contributed by atoms with Gasteiger partial charge in [-0.1, -0.05) is 23.7 Å². The Morgan fingerprint density at radius 1 is 1.14 bits per heavy atom. The SMILES string of the molecule is O=C1CCC(Cc2ccc(Cl)cc2)N(C2CCNCC2)C1. The van der Waals surface area contributed by atoms with Crippen LogP contribution < -0.4 is 5.32 Å². The van der Waals surface area contributed by atoms with Crippen molar-refractivity contribution in [3.8, 4) is 0 Å². The maximum atomic E-state index is 11.9. The van der Waals surface area contributed by atoms with E-state index in [9.17, 15) is 4.79 Å². The number of nitrogens with one attached hydrogen (secondary N) is 1. The fourth-order valence-corrected chi connectivity index (χ4v) is 3.71. The third-order valence-electron chi connectivity index (χ3n) is 4.75. The molecule has 1 aromatic carbocycles. The Bertz CT molecular complexity index is 482. The largest absolute Gasteiger partial charge is 0.317 e. The highest BCUT2D eigenvalue weighted by molar-refractivity contribution is 6.30. The minimum absolute atomic E-state index is 0.404. The molecule has 4 heteroatoms. The smallest absolute Gasteiger partial charge is 0.146 e. The number of carbonyl (C=O) groups excluding carboxylic acids is 1. The molecule has 21 heavy (non-hydrogen) atoms. The Labute approximate surface area is 131 Å². The minimum atomic E-state index is 0.404. The van der Waals surface area contributed by atoms with Crippen molar-refractivity contribution in [2.75, 3.05) is 19.6 Å². The number of ketones is 1. The second kappa shape index (κ2) is 6.91. The molecule has 2 fully saturated rings. The molecule has 1 aromatic rings. The third-order valence-corrected chi connectivity index (χ3v) is 5.00. The fraction of sp³-hybridized carbons (Fsp3) is 0.588. The van der Waals surface area contributed by atoms with Crippen molar-refractivity contribution >= 4 is 17.4 Å². The Balaban J connectivity index is 1.70. The van der Waals surface area contributed by atoms with Crippen LogP contribution in [-0.2, 0) is 11.2 Å². The van der Waals surface area contributed by atoms with Gasteiger partial charge in [-0.25, -0.2) is 0 Å². The van der Waals surface area contributed by atoms with Crippen molar-refractivity contribution in [2.45, 2.75) is 44.2 Å². The van der Waals surface area contributed by atoms with Gasteiger partial charge in [0.05, 0.1) is 6.54 Å². The molecule has 2 aliphatic heterocycles. The van der Waals surface area contributed by atoms with Crippen LogP contribution in [0.4, 0.5) is 0 Å². The number of piperidine rings is 2. The fourth-order valence-electron chi connectivity index (χ4n) is 3.58. The molecule has 0 saturated carbocycles. The number of nitrogens with zero attached hydrogens (tertiary/aromatic N) is 1. The molecular formula is C17H23ClN2O. The molecule has 3 rings (SSSR count). The molecule has 2 aliphatic rings. The number of likely N-dealkylation sites (tertiary alicyclic amines) is 1. The first-order valence-corrected chi connectivity index (χ1v) is 8.33. The van der Waals surface area contributed by atoms with Crippen LogP contribution in [0.25, 0.3) is 0 Å². The lowest BCUT2D eigenvalue weighted by Crippen LogP contribution is -2.53. The summed E-state index contributed by atoms with van der Waals surface area (Å²) in [5.74, 6) is 0.404. The van der Waals surface area contributed by atoms with E-state index in [0.717, 1.165) is 50.2 Å². The predicted molar refractivity (Wildman–Crippen MR) is 85.8 cm³/mol. The summed E-state index contributed by atoms with van der Waals surface area (Å²) in [6.07, 6.45) is 5.06. The van der Waals surface area contributed by atoms with Gasteiger partial charge in [-0.05, 0) is 56.5 Å². The maximum Gasteiger partial charge on any atom is 0.146 e. The van der Waals surface area contributed by atoms with Gasteiger partial charge in [-0.3, -0.25) is 9.69 Å². The summed E-state index contributed by atoms with van der Waals surface area (Å²) < 4.78 is 0. The molecule has 0 aromatic heterocycles. The molecule has 0 amide bonds. The highest BCUT2D eigenvalue weighted by Gasteiger charge is 2.32. The zero-order chi connectivity index (χ0) is 14.7. The summed E-state index contributed by atoms with van der Waals surface area (Å²) >= 11 is 5.96. The first-order valence-electron chi connectivity index (χ1n) is 7.95. The van der Waals surface area contributed by atoms with Crippen molar-refractivity contribution in [1.82, 2.24) is 10.2 Å². The van der Waals surface area contributed by atoms with Crippen LogP contribution in [0.15, 0.2) is 24.3 Å². The predicted octanol–water partition coefficient (Wildman–Crippen LogP) is 2.67. The van der Waals surface area contributed by atoms with Crippen molar-refractivity contribution in [1.29, 1.82) is 0 Å². The average Bonchev–Trinajstić information content (AvgIpc) is 2.52. The number of halogens is 1. The van der Waals surface area contributed by atoms with Crippen molar-refractivity contribution < 1.29 is 4.79 Å². The molecular weight excluding hydrogens is 284 g/mol. The molecule has 2 heterocycles. The van der Waals surface area contributed by atoms with Crippen LogP contribution in [-0.4, -0.2) is 42.4 Å². The topological polar surface area (TPSA) is 32.3 Å². The zero-order valence-corrected chi connectivity index (χ0v) is 13.1. The summed E-state index contributed by atoms with van der Waals surface area (Å²) in [4.78, 5) is 14.4. The molecule has 0 bridgehead atoms. The molecule has 3 nitrogen and oxygen atoms in total. The summed E-state index contributed by atoms with van der Waals surface area (Å²) in [5.41, 5.74) is 1.32. The van der Waals surface area contributed by atoms with E-state index in [1.165, 1.54) is 5.56 Å². The van der Waals surface area contributed by atoms with Gasteiger partial charge in [-0.15, -0.1) is 0 Å². The van der Waals surface area contributed by atoms with Crippen molar-refractivity contribution in [3.05, 3.63) is 34.9 Å². The van der Waals surface area contributed by atoms with E-state index in [2.05, 4.69) is 22.3 Å². The monoisotopic (exact) mass is 306 g/mol. The first-order chi connectivity index (χ1) is 10.2. The van der Waals surface area contributed by atoms with Crippen LogP contribution in [0.5, 0.6) is 0 Å². The summed E-state index contributed by atoms with van der Waals surface area (Å²) in [7, 11) is 0. The minimum Gasteiger partial charge on any atom is -0.317 e. The number of carbonyl (C=O) groups is 1. The number of hydrogen-bond acceptors (Lipinski definition) is 3. The lowest BCUT2D eigenvalue weighted by molar-refractivity contribution is -0.125. The van der Waals surface area contributed by atoms with Crippen LogP contribution in [0, 0.1) is 0 Å². The molecule has 0 aliphatic carbocycles. The van der Waals surface area contributed by atoms with Crippen LogP contribution >= 0.6 is 11.6 Å². The van der Waals surface area contributed by atoms with Gasteiger partial charge in [0.2, 0.25) is 0 Å². The van der Waals surface area contributed by atoms with Gasteiger partial charge >= 0.3 is 0 Å².